The summed E-state index contributed by atoms with van der Waals surface area (Å²) >= 11 is 0. The summed E-state index contributed by atoms with van der Waals surface area (Å²) in [5.41, 5.74) is 10.4. The quantitative estimate of drug-likeness (QED) is 0.0888. The second kappa shape index (κ2) is 47.9. The van der Waals surface area contributed by atoms with E-state index in [-0.39, 0.29) is 82.9 Å². The van der Waals surface area contributed by atoms with Crippen molar-refractivity contribution in [1.82, 2.24) is 14.5 Å². The Morgan fingerprint density at radius 1 is 0.360 bits per heavy atom. The SMILES string of the molecule is CC(C)(C)Cc1ccccc1S(C)(=O)=O.CC(C)NC(=O)c1ccccc1C(C)(C)C.CC(C)S(=O)(=O)c1ccccc1CC(C)(C)C.CC(C)S(=O)(=O)c1ccccc1CC(C)(C)C.CC(C)S(=O)c1ccccc1C(C)(C)C.CN(C)C(=O)c1ccccc1C(C)(C)C.CN(C)S(=O)(=O)c1ccccc1C(C)(C)C.COC(=O)c1ccccc1C(C)(C)C. The fraction of sp³-hybridized carbons (Fsp3) is 0.510. The third-order valence-electron chi connectivity index (χ3n) is 19.0. The van der Waals surface area contributed by atoms with Crippen LogP contribution in [0.15, 0.2) is 219 Å². The highest BCUT2D eigenvalue weighted by atomic mass is 32.2. The summed E-state index contributed by atoms with van der Waals surface area (Å²) < 4.78 is 114. The number of amides is 2. The Morgan fingerprint density at radius 2 is 0.632 bits per heavy atom. The molecule has 1 unspecified atom stereocenters. The molecule has 125 heavy (non-hydrogen) atoms. The van der Waals surface area contributed by atoms with E-state index in [1.165, 1.54) is 23.2 Å². The maximum Gasteiger partial charge on any atom is 0.338 e. The van der Waals surface area contributed by atoms with Gasteiger partial charge in [-0.05, 0) is 197 Å². The molecule has 21 heteroatoms. The van der Waals surface area contributed by atoms with E-state index < -0.39 is 50.3 Å². The van der Waals surface area contributed by atoms with Crippen molar-refractivity contribution in [2.75, 3.05) is 41.6 Å². The van der Waals surface area contributed by atoms with Gasteiger partial charge < -0.3 is 15.0 Å². The third kappa shape index (κ3) is 38.9. The first-order valence-electron chi connectivity index (χ1n) is 43.0. The number of sulfone groups is 3. The number of benzene rings is 8. The Hall–Kier alpha value is -7.92. The predicted molar refractivity (Wildman–Crippen MR) is 527 cm³/mol. The zero-order valence-electron chi connectivity index (χ0n) is 83.1. The lowest BCUT2D eigenvalue weighted by atomic mass is 9.83. The van der Waals surface area contributed by atoms with Crippen LogP contribution in [0, 0.1) is 16.2 Å². The Morgan fingerprint density at radius 3 is 0.936 bits per heavy atom. The second-order valence-electron chi connectivity index (χ2n) is 41.8. The van der Waals surface area contributed by atoms with Crippen LogP contribution in [0.25, 0.3) is 0 Å². The number of rotatable bonds is 16. The average Bonchev–Trinajstić information content (AvgIpc) is 0.790. The Bertz CT molecular complexity index is 5110. The molecular formula is C104H157N3O13S5. The van der Waals surface area contributed by atoms with Crippen LogP contribution in [0.5, 0.6) is 0 Å². The van der Waals surface area contributed by atoms with Crippen LogP contribution in [-0.2, 0) is 101 Å². The minimum absolute atomic E-state index is 0.00225. The first-order valence-corrected chi connectivity index (χ1v) is 50.6. The summed E-state index contributed by atoms with van der Waals surface area (Å²) in [6.45, 7) is 65.3. The summed E-state index contributed by atoms with van der Waals surface area (Å²) in [4.78, 5) is 39.8. The summed E-state index contributed by atoms with van der Waals surface area (Å²) in [5.74, 6) is -0.184. The van der Waals surface area contributed by atoms with Gasteiger partial charge >= 0.3 is 5.97 Å². The maximum absolute atomic E-state index is 12.2. The molecule has 8 rings (SSSR count). The molecule has 1 N–H and O–H groups in total. The van der Waals surface area contributed by atoms with Crippen molar-refractivity contribution < 1.29 is 57.0 Å². The van der Waals surface area contributed by atoms with Crippen molar-refractivity contribution in [1.29, 1.82) is 0 Å². The molecule has 2 amide bonds. The zero-order valence-corrected chi connectivity index (χ0v) is 87.2. The smallest absolute Gasteiger partial charge is 0.338 e. The van der Waals surface area contributed by atoms with Crippen LogP contribution in [0.4, 0.5) is 0 Å². The molecule has 8 aromatic rings. The van der Waals surface area contributed by atoms with Gasteiger partial charge in [-0.25, -0.2) is 42.8 Å². The molecule has 0 heterocycles. The Labute approximate surface area is 761 Å². The summed E-state index contributed by atoms with van der Waals surface area (Å²) in [5, 5.41) is 2.36. The average molecular weight is 1820 g/mol. The standard InChI is InChI=1S/C14H21NO.2C14H22O2S.C13H19NO.C13H20OS.C12H19NO2S.C12H18O2S.C12H16O2/c1-10(2)15-13(16)11-8-6-7-9-12(11)14(3,4)5;2*1-11(2)17(15,16)13-9-7-6-8-12(13)10-14(3,4)5;1-13(2,3)11-9-7-6-8-10(11)12(15)14(4)5;1-10(2)15(14)12-9-7-6-8-11(12)13(3,4)5;1-12(2,3)10-8-6-7-9-11(10)16(14,15)13(4)5;1-12(2,3)9-10-7-5-6-8-11(10)15(4,13)14;1-12(2,3)10-8-6-5-7-9(10)11(13)14-4/h6-10H,1-5H3,(H,15,16);2*6-9,11H,10H2,1-5H3;6-9H,1-5H3;6-10H,1-5H3;6-9H,1-5H3;5-8H,9H2,1-4H3;5-8H,1-4H3. The molecule has 0 saturated heterocycles. The predicted octanol–water partition coefficient (Wildman–Crippen LogP) is 23.9. The molecule has 0 radical (unpaired) electrons. The first kappa shape index (κ1) is 115. The molecule has 0 spiro atoms. The number of nitrogens with zero attached hydrogens (tertiary/aromatic N) is 2. The van der Waals surface area contributed by atoms with Gasteiger partial charge in [-0.1, -0.05) is 326 Å². The van der Waals surface area contributed by atoms with Gasteiger partial charge in [0.15, 0.2) is 29.5 Å². The van der Waals surface area contributed by atoms with Crippen molar-refractivity contribution in [3.05, 3.63) is 255 Å². The molecule has 0 aliphatic heterocycles. The molecule has 8 aromatic carbocycles. The third-order valence-corrected chi connectivity index (χ3v) is 28.3. The fourth-order valence-electron chi connectivity index (χ4n) is 12.8. The monoisotopic (exact) mass is 1820 g/mol. The highest BCUT2D eigenvalue weighted by molar-refractivity contribution is 7.92. The maximum atomic E-state index is 12.2. The molecular weight excluding hydrogens is 1660 g/mol. The molecule has 16 nitrogen and oxygen atoms in total. The van der Waals surface area contributed by atoms with Crippen molar-refractivity contribution >= 4 is 68.1 Å². The van der Waals surface area contributed by atoms with Gasteiger partial charge in [-0.15, -0.1) is 0 Å². The largest absolute Gasteiger partial charge is 0.465 e. The van der Waals surface area contributed by atoms with Gasteiger partial charge in [0, 0.05) is 61.8 Å². The summed E-state index contributed by atoms with van der Waals surface area (Å²) in [6.07, 6.45) is 3.58. The molecule has 0 aliphatic rings. The van der Waals surface area contributed by atoms with Crippen LogP contribution in [0.2, 0.25) is 0 Å². The van der Waals surface area contributed by atoms with Crippen LogP contribution >= 0.6 is 0 Å². The lowest BCUT2D eigenvalue weighted by Crippen LogP contribution is -2.32. The molecule has 0 aliphatic carbocycles. The first-order chi connectivity index (χ1) is 56.6. The number of ether oxygens (including phenoxy) is 1. The minimum atomic E-state index is -3.36. The number of nitrogens with one attached hydrogen (secondary N) is 1. The molecule has 0 aromatic heterocycles. The lowest BCUT2D eigenvalue weighted by Gasteiger charge is -2.24. The Balaban J connectivity index is 0.000000715. The van der Waals surface area contributed by atoms with Crippen LogP contribution in [-0.4, -0.2) is 128 Å². The highest BCUT2D eigenvalue weighted by Gasteiger charge is 2.31. The Kier molecular flexibility index (Phi) is 44.1. The van der Waals surface area contributed by atoms with E-state index in [2.05, 4.69) is 157 Å². The topological polar surface area (TPSA) is 233 Å². The van der Waals surface area contributed by atoms with Crippen molar-refractivity contribution in [2.24, 2.45) is 16.2 Å². The van der Waals surface area contributed by atoms with Gasteiger partial charge in [-0.2, -0.15) is 0 Å². The van der Waals surface area contributed by atoms with Gasteiger partial charge in [0.05, 0.1) is 53.6 Å². The normalized spacial score (nSPS) is 12.6. The van der Waals surface area contributed by atoms with Crippen molar-refractivity contribution in [3.63, 3.8) is 0 Å². The van der Waals surface area contributed by atoms with Crippen molar-refractivity contribution in [2.45, 2.75) is 314 Å². The van der Waals surface area contributed by atoms with E-state index in [0.717, 1.165) is 74.2 Å². The van der Waals surface area contributed by atoms with Gasteiger partial charge in [0.25, 0.3) is 11.8 Å². The number of carbonyl (C=O) groups is 3. The van der Waals surface area contributed by atoms with Gasteiger partial charge in [-0.3, -0.25) is 13.8 Å². The van der Waals surface area contributed by atoms with Crippen molar-refractivity contribution in [3.8, 4) is 0 Å². The number of carbonyl (C=O) groups excluding carboxylic acids is 3. The van der Waals surface area contributed by atoms with E-state index in [1.54, 1.807) is 115 Å². The molecule has 0 fully saturated rings. The van der Waals surface area contributed by atoms with Gasteiger partial charge in [0.1, 0.15) is 0 Å². The molecule has 0 bridgehead atoms. The van der Waals surface area contributed by atoms with Gasteiger partial charge in [0.2, 0.25) is 10.0 Å². The molecule has 696 valence electrons. The number of esters is 1. The van der Waals surface area contributed by atoms with E-state index in [4.69, 9.17) is 4.74 Å². The van der Waals surface area contributed by atoms with E-state index in [0.29, 0.717) is 25.1 Å². The summed E-state index contributed by atoms with van der Waals surface area (Å²) in [7, 11) is -5.65. The van der Waals surface area contributed by atoms with Crippen LogP contribution < -0.4 is 5.32 Å². The van der Waals surface area contributed by atoms with Crippen LogP contribution in [0.1, 0.15) is 297 Å². The molecule has 0 saturated carbocycles. The number of sulfonamides is 1. The lowest BCUT2D eigenvalue weighted by molar-refractivity contribution is 0.0597. The number of methoxy groups -OCH3 is 1. The fourth-order valence-corrected chi connectivity index (χ4v) is 18.9. The highest BCUT2D eigenvalue weighted by Crippen LogP contribution is 2.35. The number of hydrogen-bond donors (Lipinski definition) is 1. The second-order valence-corrected chi connectivity index (χ2v) is 52.9. The van der Waals surface area contributed by atoms with E-state index in [9.17, 15) is 52.3 Å². The number of hydrogen-bond acceptors (Lipinski definition) is 13. The minimum Gasteiger partial charge on any atom is -0.465 e. The zero-order chi connectivity index (χ0) is 97.2. The van der Waals surface area contributed by atoms with E-state index >= 15 is 0 Å². The molecule has 1 atom stereocenters. The summed E-state index contributed by atoms with van der Waals surface area (Å²) in [6, 6.07) is 60.4. The van der Waals surface area contributed by atoms with E-state index in [1.807, 2.05) is 182 Å². The van der Waals surface area contributed by atoms with Crippen LogP contribution in [0.3, 0.4) is 0 Å².